The van der Waals surface area contributed by atoms with E-state index in [0.717, 1.165) is 15.6 Å². The van der Waals surface area contributed by atoms with Crippen LogP contribution in [-0.2, 0) is 4.79 Å². The maximum atomic E-state index is 13.9. The molecule has 0 radical (unpaired) electrons. The summed E-state index contributed by atoms with van der Waals surface area (Å²) in [4.78, 5) is 32.7. The summed E-state index contributed by atoms with van der Waals surface area (Å²) in [6.07, 6.45) is 1.72. The van der Waals surface area contributed by atoms with Gasteiger partial charge in [-0.1, -0.05) is 81.3 Å². The van der Waals surface area contributed by atoms with Gasteiger partial charge in [0.2, 0.25) is 0 Å². The van der Waals surface area contributed by atoms with E-state index in [1.807, 2.05) is 78.9 Å². The van der Waals surface area contributed by atoms with Crippen molar-refractivity contribution in [3.05, 3.63) is 143 Å². The molecule has 1 aliphatic heterocycles. The number of para-hydroxylation sites is 1. The van der Waals surface area contributed by atoms with Gasteiger partial charge >= 0.3 is 0 Å². The number of anilines is 1. The Bertz CT molecular complexity index is 1940. The third kappa shape index (κ3) is 5.13. The zero-order chi connectivity index (χ0) is 27.8. The van der Waals surface area contributed by atoms with Crippen molar-refractivity contribution < 1.29 is 9.21 Å². The largest absolute Gasteiger partial charge is 0.457 e. The molecule has 1 amide bonds. The minimum atomic E-state index is -0.686. The van der Waals surface area contributed by atoms with Gasteiger partial charge in [-0.3, -0.25) is 14.2 Å². The van der Waals surface area contributed by atoms with Gasteiger partial charge < -0.3 is 9.73 Å². The van der Waals surface area contributed by atoms with Crippen molar-refractivity contribution in [3.8, 4) is 11.3 Å². The quantitative estimate of drug-likeness (QED) is 0.239. The van der Waals surface area contributed by atoms with Gasteiger partial charge in [0.05, 0.1) is 21.8 Å². The Morgan fingerprint density at radius 3 is 2.48 bits per heavy atom. The fourth-order valence-corrected chi connectivity index (χ4v) is 6.04. The number of carbonyl (C=O) groups is 1. The maximum absolute atomic E-state index is 13.9. The molecule has 3 heterocycles. The Labute approximate surface area is 246 Å². The molecule has 6 nitrogen and oxygen atoms in total. The number of halogens is 2. The molecule has 0 aliphatic carbocycles. The zero-order valence-corrected chi connectivity index (χ0v) is 24.3. The van der Waals surface area contributed by atoms with Gasteiger partial charge in [0, 0.05) is 26.8 Å². The molecule has 40 heavy (non-hydrogen) atoms. The summed E-state index contributed by atoms with van der Waals surface area (Å²) in [7, 11) is 0. The van der Waals surface area contributed by atoms with Crippen LogP contribution in [0.25, 0.3) is 17.4 Å². The lowest BCUT2D eigenvalue weighted by Crippen LogP contribution is -2.40. The van der Waals surface area contributed by atoms with Crippen LogP contribution in [-0.4, -0.2) is 10.5 Å². The van der Waals surface area contributed by atoms with Gasteiger partial charge in [0.15, 0.2) is 4.80 Å². The second kappa shape index (κ2) is 10.9. The molecule has 6 rings (SSSR count). The lowest BCUT2D eigenvalue weighted by Gasteiger charge is -2.25. The van der Waals surface area contributed by atoms with E-state index in [1.165, 1.54) is 11.3 Å². The van der Waals surface area contributed by atoms with E-state index in [9.17, 15) is 9.59 Å². The van der Waals surface area contributed by atoms with Crippen molar-refractivity contribution in [1.82, 2.24) is 4.57 Å². The molecule has 3 aromatic carbocycles. The number of allylic oxidation sites excluding steroid dienone is 1. The highest BCUT2D eigenvalue weighted by molar-refractivity contribution is 9.10. The van der Waals surface area contributed by atoms with Gasteiger partial charge in [-0.05, 0) is 61.0 Å². The molecule has 5 aromatic rings. The number of nitrogens with one attached hydrogen (secondary N) is 1. The van der Waals surface area contributed by atoms with Crippen LogP contribution in [0.15, 0.2) is 121 Å². The van der Waals surface area contributed by atoms with Gasteiger partial charge in [-0.25, -0.2) is 4.99 Å². The molecular formula is C31H21BrClN3O3S. The highest BCUT2D eigenvalue weighted by atomic mass is 79.9. The number of amides is 1. The van der Waals surface area contributed by atoms with Crippen molar-refractivity contribution >= 4 is 56.5 Å². The number of furan rings is 1. The Balaban J connectivity index is 1.44. The number of rotatable bonds is 5. The molecule has 2 aromatic heterocycles. The molecule has 0 fully saturated rings. The van der Waals surface area contributed by atoms with Crippen LogP contribution >= 0.6 is 38.9 Å². The van der Waals surface area contributed by atoms with E-state index in [4.69, 9.17) is 16.0 Å². The SMILES string of the molecule is CC1=C(C(=O)Nc2ccccc2)C(c2ccc(Cl)cc2)n2c(s/c(=C\c3ccc(-c4ccc(Br)cc4)o3)c2=O)=N1. The minimum absolute atomic E-state index is 0.261. The topological polar surface area (TPSA) is 76.6 Å². The number of hydrogen-bond donors (Lipinski definition) is 1. The summed E-state index contributed by atoms with van der Waals surface area (Å²) in [5.41, 5.74) is 3.00. The molecule has 1 aliphatic rings. The molecule has 0 bridgehead atoms. The van der Waals surface area contributed by atoms with Crippen LogP contribution in [0.5, 0.6) is 0 Å². The average Bonchev–Trinajstić information content (AvgIpc) is 3.53. The van der Waals surface area contributed by atoms with Crippen molar-refractivity contribution in [2.45, 2.75) is 13.0 Å². The Morgan fingerprint density at radius 1 is 1.02 bits per heavy atom. The molecule has 198 valence electrons. The summed E-state index contributed by atoms with van der Waals surface area (Å²) < 4.78 is 9.04. The van der Waals surface area contributed by atoms with Crippen LogP contribution in [0, 0.1) is 0 Å². The first-order valence-corrected chi connectivity index (χ1v) is 14.4. The van der Waals surface area contributed by atoms with Gasteiger partial charge in [-0.15, -0.1) is 0 Å². The molecule has 9 heteroatoms. The van der Waals surface area contributed by atoms with Crippen LogP contribution in [0.3, 0.4) is 0 Å². The summed E-state index contributed by atoms with van der Waals surface area (Å²) in [5, 5.41) is 3.51. The number of carbonyl (C=O) groups excluding carboxylic acids is 1. The third-order valence-electron chi connectivity index (χ3n) is 6.51. The highest BCUT2D eigenvalue weighted by Gasteiger charge is 2.32. The van der Waals surface area contributed by atoms with Gasteiger partial charge in [0.1, 0.15) is 11.5 Å². The summed E-state index contributed by atoms with van der Waals surface area (Å²) in [5.74, 6) is 0.914. The average molecular weight is 631 g/mol. The Hall–Kier alpha value is -3.98. The number of aromatic nitrogens is 1. The fourth-order valence-electron chi connectivity index (χ4n) is 4.62. The van der Waals surface area contributed by atoms with Crippen molar-refractivity contribution in [1.29, 1.82) is 0 Å². The van der Waals surface area contributed by atoms with Crippen LogP contribution < -0.4 is 20.2 Å². The lowest BCUT2D eigenvalue weighted by atomic mass is 9.95. The zero-order valence-electron chi connectivity index (χ0n) is 21.1. The van der Waals surface area contributed by atoms with Crippen LogP contribution in [0.1, 0.15) is 24.3 Å². The highest BCUT2D eigenvalue weighted by Crippen LogP contribution is 2.31. The van der Waals surface area contributed by atoms with E-state index in [1.54, 1.807) is 29.7 Å². The Morgan fingerprint density at radius 2 is 1.75 bits per heavy atom. The van der Waals surface area contributed by atoms with E-state index in [-0.39, 0.29) is 11.5 Å². The van der Waals surface area contributed by atoms with Crippen molar-refractivity contribution in [3.63, 3.8) is 0 Å². The molecule has 1 N–H and O–H groups in total. The molecule has 0 saturated heterocycles. The smallest absolute Gasteiger partial charge is 0.271 e. The number of hydrogen-bond acceptors (Lipinski definition) is 5. The summed E-state index contributed by atoms with van der Waals surface area (Å²) >= 11 is 10.9. The first kappa shape index (κ1) is 26.3. The number of benzene rings is 3. The normalized spacial score (nSPS) is 15.1. The van der Waals surface area contributed by atoms with E-state index >= 15 is 0 Å². The first-order valence-electron chi connectivity index (χ1n) is 12.4. The molecule has 1 unspecified atom stereocenters. The number of nitrogens with zero attached hydrogens (tertiary/aromatic N) is 2. The maximum Gasteiger partial charge on any atom is 0.271 e. The summed E-state index contributed by atoms with van der Waals surface area (Å²) in [6, 6.07) is 27.2. The lowest BCUT2D eigenvalue weighted by molar-refractivity contribution is -0.113. The number of thiazole rings is 1. The van der Waals surface area contributed by atoms with Crippen LogP contribution in [0.4, 0.5) is 5.69 Å². The van der Waals surface area contributed by atoms with E-state index in [2.05, 4.69) is 26.2 Å². The summed E-state index contributed by atoms with van der Waals surface area (Å²) in [6.45, 7) is 1.79. The standard InChI is InChI=1S/C31H21BrClN3O3S/c1-18-27(29(37)35-23-5-3-2-4-6-23)28(20-9-13-22(33)14-10-20)36-30(38)26(40-31(36)34-18)17-24-15-16-25(39-24)19-7-11-21(32)12-8-19/h2-17,28H,1H3,(H,35,37)/b26-17-. The monoisotopic (exact) mass is 629 g/mol. The molecule has 0 saturated carbocycles. The third-order valence-corrected chi connectivity index (χ3v) is 8.28. The second-order valence-corrected chi connectivity index (χ2v) is 11.5. The van der Waals surface area contributed by atoms with Gasteiger partial charge in [0.25, 0.3) is 11.5 Å². The fraction of sp³-hybridized carbons (Fsp3) is 0.0645. The predicted molar refractivity (Wildman–Crippen MR) is 162 cm³/mol. The van der Waals surface area contributed by atoms with Crippen molar-refractivity contribution in [2.24, 2.45) is 4.99 Å². The molecular weight excluding hydrogens is 610 g/mol. The van der Waals surface area contributed by atoms with Crippen LogP contribution in [0.2, 0.25) is 5.02 Å². The second-order valence-electron chi connectivity index (χ2n) is 9.16. The minimum Gasteiger partial charge on any atom is -0.457 e. The first-order chi connectivity index (χ1) is 19.4. The van der Waals surface area contributed by atoms with E-state index < -0.39 is 6.04 Å². The molecule has 0 spiro atoms. The predicted octanol–water partition coefficient (Wildman–Crippen LogP) is 6.55. The van der Waals surface area contributed by atoms with Gasteiger partial charge in [-0.2, -0.15) is 0 Å². The van der Waals surface area contributed by atoms with Crippen molar-refractivity contribution in [2.75, 3.05) is 5.32 Å². The van der Waals surface area contributed by atoms with E-state index in [0.29, 0.717) is 42.8 Å². The number of fused-ring (bicyclic) bond motifs is 1. The Kier molecular flexibility index (Phi) is 7.14. The molecule has 1 atom stereocenters.